The van der Waals surface area contributed by atoms with Crippen molar-refractivity contribution < 1.29 is 9.59 Å². The lowest BCUT2D eigenvalue weighted by Crippen LogP contribution is -2.24. The number of hydrogen-bond acceptors (Lipinski definition) is 5. The zero-order chi connectivity index (χ0) is 23.1. The predicted molar refractivity (Wildman–Crippen MR) is 128 cm³/mol. The summed E-state index contributed by atoms with van der Waals surface area (Å²) in [4.78, 5) is 24.9. The summed E-state index contributed by atoms with van der Waals surface area (Å²) in [6.07, 6.45) is 1.73. The van der Waals surface area contributed by atoms with Gasteiger partial charge in [0.25, 0.3) is 5.91 Å². The number of hydrogen-bond donors (Lipinski definition) is 2. The Morgan fingerprint density at radius 1 is 1.06 bits per heavy atom. The summed E-state index contributed by atoms with van der Waals surface area (Å²) in [5.74, 6) is 0.493. The summed E-state index contributed by atoms with van der Waals surface area (Å²) < 4.78 is 1.85. The molecular formula is C24H27N5O2S. The minimum atomic E-state index is -0.180. The normalized spacial score (nSPS) is 10.6. The average Bonchev–Trinajstić information content (AvgIpc) is 3.15. The maximum absolute atomic E-state index is 12.5. The minimum Gasteiger partial charge on any atom is -0.345 e. The first kappa shape index (κ1) is 23.3. The molecule has 166 valence electrons. The number of nitrogens with zero attached hydrogens (tertiary/aromatic N) is 3. The average molecular weight is 450 g/mol. The summed E-state index contributed by atoms with van der Waals surface area (Å²) in [5, 5.41) is 14.8. The molecule has 0 atom stereocenters. The van der Waals surface area contributed by atoms with Crippen LogP contribution in [0.25, 0.3) is 0 Å². The third-order valence-corrected chi connectivity index (χ3v) is 5.79. The first-order valence-corrected chi connectivity index (χ1v) is 11.2. The molecule has 0 saturated heterocycles. The van der Waals surface area contributed by atoms with Gasteiger partial charge in [0.1, 0.15) is 0 Å². The van der Waals surface area contributed by atoms with Crippen molar-refractivity contribution in [3.63, 3.8) is 0 Å². The predicted octanol–water partition coefficient (Wildman–Crippen LogP) is 4.05. The summed E-state index contributed by atoms with van der Waals surface area (Å²) in [5.41, 5.74) is 4.58. The van der Waals surface area contributed by atoms with Crippen molar-refractivity contribution in [3.8, 4) is 0 Å². The number of rotatable bonds is 9. The van der Waals surface area contributed by atoms with Crippen LogP contribution in [-0.2, 0) is 17.9 Å². The molecule has 1 aromatic heterocycles. The van der Waals surface area contributed by atoms with E-state index in [1.807, 2.05) is 55.7 Å². The fourth-order valence-electron chi connectivity index (χ4n) is 3.02. The van der Waals surface area contributed by atoms with Crippen molar-refractivity contribution in [2.75, 3.05) is 11.1 Å². The first-order chi connectivity index (χ1) is 15.4. The number of aryl methyl sites for hydroxylation is 3. The number of benzene rings is 2. The van der Waals surface area contributed by atoms with E-state index in [-0.39, 0.29) is 24.1 Å². The highest BCUT2D eigenvalue weighted by molar-refractivity contribution is 7.99. The Bertz CT molecular complexity index is 1120. The third kappa shape index (κ3) is 6.07. The van der Waals surface area contributed by atoms with Crippen LogP contribution in [0.1, 0.15) is 32.9 Å². The summed E-state index contributed by atoms with van der Waals surface area (Å²) in [6, 6.07) is 13.3. The van der Waals surface area contributed by atoms with Gasteiger partial charge in [-0.05, 0) is 50.1 Å². The molecule has 2 N–H and O–H groups in total. The van der Waals surface area contributed by atoms with Crippen molar-refractivity contribution in [2.45, 2.75) is 39.0 Å². The van der Waals surface area contributed by atoms with Gasteiger partial charge < -0.3 is 15.2 Å². The van der Waals surface area contributed by atoms with Gasteiger partial charge in [0, 0.05) is 17.8 Å². The number of aromatic nitrogens is 3. The van der Waals surface area contributed by atoms with Crippen LogP contribution in [0.15, 0.2) is 60.3 Å². The number of carbonyl (C=O) groups is 2. The Morgan fingerprint density at radius 3 is 2.50 bits per heavy atom. The molecule has 0 saturated carbocycles. The molecule has 8 heteroatoms. The van der Waals surface area contributed by atoms with Crippen LogP contribution < -0.4 is 10.6 Å². The molecule has 2 aromatic carbocycles. The van der Waals surface area contributed by atoms with Crippen LogP contribution >= 0.6 is 11.8 Å². The minimum absolute atomic E-state index is 0.119. The zero-order valence-corrected chi connectivity index (χ0v) is 19.3. The van der Waals surface area contributed by atoms with E-state index in [0.717, 1.165) is 22.4 Å². The van der Waals surface area contributed by atoms with Gasteiger partial charge in [-0.3, -0.25) is 9.59 Å². The number of anilines is 1. The molecule has 0 unspecified atom stereocenters. The fourth-order valence-corrected chi connectivity index (χ4v) is 3.79. The molecule has 0 aliphatic heterocycles. The van der Waals surface area contributed by atoms with E-state index >= 15 is 0 Å². The number of nitrogens with one attached hydrogen (secondary N) is 2. The molecule has 32 heavy (non-hydrogen) atoms. The van der Waals surface area contributed by atoms with Gasteiger partial charge in [-0.15, -0.1) is 16.8 Å². The molecule has 7 nitrogen and oxygen atoms in total. The second kappa shape index (κ2) is 10.8. The molecule has 3 aromatic rings. The van der Waals surface area contributed by atoms with E-state index in [1.165, 1.54) is 11.8 Å². The van der Waals surface area contributed by atoms with Gasteiger partial charge in [-0.25, -0.2) is 0 Å². The molecule has 0 aliphatic carbocycles. The van der Waals surface area contributed by atoms with Gasteiger partial charge in [0.05, 0.1) is 12.3 Å². The molecule has 2 amide bonds. The molecule has 0 bridgehead atoms. The van der Waals surface area contributed by atoms with Crippen molar-refractivity contribution in [1.29, 1.82) is 0 Å². The molecule has 0 fully saturated rings. The van der Waals surface area contributed by atoms with E-state index in [4.69, 9.17) is 0 Å². The van der Waals surface area contributed by atoms with Crippen molar-refractivity contribution >= 4 is 29.3 Å². The largest absolute Gasteiger partial charge is 0.345 e. The highest BCUT2D eigenvalue weighted by atomic mass is 32.2. The number of allylic oxidation sites excluding steroid dienone is 1. The second-order valence-electron chi connectivity index (χ2n) is 7.50. The second-order valence-corrected chi connectivity index (χ2v) is 8.44. The van der Waals surface area contributed by atoms with Crippen LogP contribution in [-0.4, -0.2) is 32.3 Å². The van der Waals surface area contributed by atoms with Crippen LogP contribution in [0, 0.1) is 20.8 Å². The standard InChI is InChI=1S/C24H27N5O2S/c1-5-12-29-21(14-25-23(31)19-10-7-16(2)8-11-19)27-28-24(29)32-15-22(30)26-20-13-17(3)6-9-18(20)4/h5-11,13H,1,12,14-15H2,2-4H3,(H,25,31)(H,26,30). The van der Waals surface area contributed by atoms with Crippen LogP contribution in [0.4, 0.5) is 5.69 Å². The van der Waals surface area contributed by atoms with Gasteiger partial charge in [0.2, 0.25) is 5.91 Å². The van der Waals surface area contributed by atoms with Gasteiger partial charge in [-0.1, -0.05) is 47.7 Å². The van der Waals surface area contributed by atoms with Gasteiger partial charge in [0.15, 0.2) is 11.0 Å². The van der Waals surface area contributed by atoms with E-state index in [9.17, 15) is 9.59 Å². The van der Waals surface area contributed by atoms with Crippen molar-refractivity contribution in [3.05, 3.63) is 83.2 Å². The monoisotopic (exact) mass is 449 g/mol. The van der Waals surface area contributed by atoms with E-state index in [0.29, 0.717) is 23.1 Å². The Balaban J connectivity index is 1.61. The van der Waals surface area contributed by atoms with Crippen LogP contribution in [0.2, 0.25) is 0 Å². The van der Waals surface area contributed by atoms with Crippen molar-refractivity contribution in [1.82, 2.24) is 20.1 Å². The van der Waals surface area contributed by atoms with Crippen molar-refractivity contribution in [2.24, 2.45) is 0 Å². The van der Waals surface area contributed by atoms with E-state index in [2.05, 4.69) is 27.4 Å². The lowest BCUT2D eigenvalue weighted by atomic mass is 10.1. The molecule has 3 rings (SSSR count). The fraction of sp³-hybridized carbons (Fsp3) is 0.250. The highest BCUT2D eigenvalue weighted by Crippen LogP contribution is 2.20. The quantitative estimate of drug-likeness (QED) is 0.380. The zero-order valence-electron chi connectivity index (χ0n) is 18.5. The molecule has 1 heterocycles. The molecule has 0 spiro atoms. The Labute approximate surface area is 192 Å². The lowest BCUT2D eigenvalue weighted by Gasteiger charge is -2.10. The van der Waals surface area contributed by atoms with Gasteiger partial charge >= 0.3 is 0 Å². The highest BCUT2D eigenvalue weighted by Gasteiger charge is 2.15. The molecule has 0 aliphatic rings. The first-order valence-electron chi connectivity index (χ1n) is 10.2. The smallest absolute Gasteiger partial charge is 0.251 e. The van der Waals surface area contributed by atoms with Crippen LogP contribution in [0.3, 0.4) is 0 Å². The summed E-state index contributed by atoms with van der Waals surface area (Å²) >= 11 is 1.29. The Morgan fingerprint density at radius 2 is 1.78 bits per heavy atom. The Hall–Kier alpha value is -3.39. The molecule has 0 radical (unpaired) electrons. The van der Waals surface area contributed by atoms with Crippen LogP contribution in [0.5, 0.6) is 0 Å². The lowest BCUT2D eigenvalue weighted by molar-refractivity contribution is -0.113. The molecular weight excluding hydrogens is 422 g/mol. The topological polar surface area (TPSA) is 88.9 Å². The maximum atomic E-state index is 12.5. The number of amides is 2. The maximum Gasteiger partial charge on any atom is 0.251 e. The summed E-state index contributed by atoms with van der Waals surface area (Å²) in [6.45, 7) is 10.4. The van der Waals surface area contributed by atoms with E-state index < -0.39 is 0 Å². The number of thioether (sulfide) groups is 1. The third-order valence-electron chi connectivity index (χ3n) is 4.83. The number of carbonyl (C=O) groups excluding carboxylic acids is 2. The van der Waals surface area contributed by atoms with E-state index in [1.54, 1.807) is 18.2 Å². The Kier molecular flexibility index (Phi) is 7.83. The summed E-state index contributed by atoms with van der Waals surface area (Å²) in [7, 11) is 0. The van der Waals surface area contributed by atoms with Gasteiger partial charge in [-0.2, -0.15) is 0 Å². The SMILES string of the molecule is C=CCn1c(CNC(=O)c2ccc(C)cc2)nnc1SCC(=O)Nc1cc(C)ccc1C.